The lowest BCUT2D eigenvalue weighted by Crippen LogP contribution is -2.19. The molecule has 1 aliphatic rings. The van der Waals surface area contributed by atoms with E-state index in [4.69, 9.17) is 9.84 Å². The number of anilines is 1. The molecule has 5 nitrogen and oxygen atoms in total. The maximum absolute atomic E-state index is 11.5. The predicted octanol–water partition coefficient (Wildman–Crippen LogP) is 0.720. The first-order chi connectivity index (χ1) is 8.20. The van der Waals surface area contributed by atoms with Crippen LogP contribution in [-0.2, 0) is 16.0 Å². The summed E-state index contributed by atoms with van der Waals surface area (Å²) < 4.78 is 4.81. The van der Waals surface area contributed by atoms with Gasteiger partial charge in [0.15, 0.2) is 0 Å². The van der Waals surface area contributed by atoms with Gasteiger partial charge in [0, 0.05) is 12.1 Å². The largest absolute Gasteiger partial charge is 0.460 e. The fourth-order valence-corrected chi connectivity index (χ4v) is 1.73. The lowest BCUT2D eigenvalue weighted by atomic mass is 10.0. The zero-order valence-electron chi connectivity index (χ0n) is 9.23. The monoisotopic (exact) mass is 235 g/mol. The van der Waals surface area contributed by atoms with Crippen LogP contribution in [-0.4, -0.2) is 30.2 Å². The topological polar surface area (TPSA) is 75.6 Å². The van der Waals surface area contributed by atoms with E-state index in [2.05, 4.69) is 5.32 Å². The third-order valence-electron chi connectivity index (χ3n) is 2.56. The molecule has 1 aromatic carbocycles. The first kappa shape index (κ1) is 11.6. The molecule has 1 amide bonds. The molecule has 0 bridgehead atoms. The molecule has 90 valence electrons. The van der Waals surface area contributed by atoms with E-state index in [0.717, 1.165) is 11.3 Å². The Morgan fingerprint density at radius 1 is 1.41 bits per heavy atom. The third kappa shape index (κ3) is 2.62. The highest BCUT2D eigenvalue weighted by Crippen LogP contribution is 2.23. The second-order valence-electron chi connectivity index (χ2n) is 3.78. The van der Waals surface area contributed by atoms with E-state index in [1.165, 1.54) is 0 Å². The molecule has 1 aliphatic heterocycles. The van der Waals surface area contributed by atoms with Crippen LogP contribution in [0, 0.1) is 0 Å². The molecule has 2 rings (SSSR count). The van der Waals surface area contributed by atoms with Gasteiger partial charge >= 0.3 is 5.97 Å². The fourth-order valence-electron chi connectivity index (χ4n) is 1.73. The Morgan fingerprint density at radius 2 is 2.24 bits per heavy atom. The molecule has 0 atom stereocenters. The van der Waals surface area contributed by atoms with Crippen LogP contribution >= 0.6 is 0 Å². The molecule has 1 heterocycles. The van der Waals surface area contributed by atoms with E-state index in [1.807, 2.05) is 0 Å². The van der Waals surface area contributed by atoms with Crippen molar-refractivity contribution in [2.45, 2.75) is 12.8 Å². The van der Waals surface area contributed by atoms with Crippen LogP contribution in [0.2, 0.25) is 0 Å². The van der Waals surface area contributed by atoms with Gasteiger partial charge in [0.2, 0.25) is 5.91 Å². The number of hydrogen-bond acceptors (Lipinski definition) is 4. The molecule has 2 N–H and O–H groups in total. The summed E-state index contributed by atoms with van der Waals surface area (Å²) in [7, 11) is 0. The smallest absolute Gasteiger partial charge is 0.338 e. The molecule has 0 aliphatic carbocycles. The summed E-state index contributed by atoms with van der Waals surface area (Å²) in [5, 5.41) is 11.3. The van der Waals surface area contributed by atoms with Gasteiger partial charge in [0.05, 0.1) is 12.2 Å². The van der Waals surface area contributed by atoms with Gasteiger partial charge in [-0.15, -0.1) is 0 Å². The Labute approximate surface area is 98.4 Å². The maximum atomic E-state index is 11.5. The molecule has 0 spiro atoms. The summed E-state index contributed by atoms with van der Waals surface area (Å²) in [4.78, 5) is 22.7. The SMILES string of the molecule is O=C1CCc2cc(C(=O)OCCO)ccc2N1. The van der Waals surface area contributed by atoms with Crippen molar-refractivity contribution in [2.24, 2.45) is 0 Å². The van der Waals surface area contributed by atoms with Gasteiger partial charge in [-0.25, -0.2) is 4.79 Å². The second-order valence-corrected chi connectivity index (χ2v) is 3.78. The highest BCUT2D eigenvalue weighted by Gasteiger charge is 2.16. The van der Waals surface area contributed by atoms with Gasteiger partial charge < -0.3 is 15.2 Å². The quantitative estimate of drug-likeness (QED) is 0.757. The standard InChI is InChI=1S/C12H13NO4/c14-5-6-17-12(16)9-1-3-10-8(7-9)2-4-11(15)13-10/h1,3,7,14H,2,4-6H2,(H,13,15). The van der Waals surface area contributed by atoms with Crippen molar-refractivity contribution in [3.05, 3.63) is 29.3 Å². The van der Waals surface area contributed by atoms with Crippen LogP contribution in [0.25, 0.3) is 0 Å². The lowest BCUT2D eigenvalue weighted by molar-refractivity contribution is -0.116. The maximum Gasteiger partial charge on any atom is 0.338 e. The molecule has 0 saturated heterocycles. The molecule has 0 aromatic heterocycles. The van der Waals surface area contributed by atoms with Crippen LogP contribution in [0.4, 0.5) is 5.69 Å². The van der Waals surface area contributed by atoms with Gasteiger partial charge in [-0.05, 0) is 30.2 Å². The summed E-state index contributed by atoms with van der Waals surface area (Å²) in [5.74, 6) is -0.466. The number of ether oxygens (including phenoxy) is 1. The fraction of sp³-hybridized carbons (Fsp3) is 0.333. The summed E-state index contributed by atoms with van der Waals surface area (Å²) in [5.41, 5.74) is 2.12. The Hall–Kier alpha value is -1.88. The Balaban J connectivity index is 2.16. The van der Waals surface area contributed by atoms with Gasteiger partial charge in [-0.1, -0.05) is 0 Å². The van der Waals surface area contributed by atoms with Crippen LogP contribution in [0.1, 0.15) is 22.3 Å². The van der Waals surface area contributed by atoms with E-state index < -0.39 is 5.97 Å². The van der Waals surface area contributed by atoms with E-state index in [1.54, 1.807) is 18.2 Å². The van der Waals surface area contributed by atoms with Crippen LogP contribution in [0.3, 0.4) is 0 Å². The normalized spacial score (nSPS) is 13.8. The third-order valence-corrected chi connectivity index (χ3v) is 2.56. The van der Waals surface area contributed by atoms with Gasteiger partial charge in [0.25, 0.3) is 0 Å². The minimum absolute atomic E-state index is 0.00638. The van der Waals surface area contributed by atoms with E-state index in [0.29, 0.717) is 18.4 Å². The highest BCUT2D eigenvalue weighted by molar-refractivity contribution is 5.96. The lowest BCUT2D eigenvalue weighted by Gasteiger charge is -2.17. The van der Waals surface area contributed by atoms with Crippen molar-refractivity contribution in [3.8, 4) is 0 Å². The van der Waals surface area contributed by atoms with Gasteiger partial charge in [-0.2, -0.15) is 0 Å². The van der Waals surface area contributed by atoms with E-state index in [9.17, 15) is 9.59 Å². The number of hydrogen-bond donors (Lipinski definition) is 2. The van der Waals surface area contributed by atoms with E-state index in [-0.39, 0.29) is 19.1 Å². The molecular formula is C12H13NO4. The Bertz CT molecular complexity index is 456. The molecule has 0 fully saturated rings. The number of nitrogens with one attached hydrogen (secondary N) is 1. The summed E-state index contributed by atoms with van der Waals surface area (Å²) in [6.07, 6.45) is 1.06. The number of aryl methyl sites for hydroxylation is 1. The van der Waals surface area contributed by atoms with Crippen LogP contribution in [0.15, 0.2) is 18.2 Å². The molecule has 5 heteroatoms. The molecule has 1 aromatic rings. The Morgan fingerprint density at radius 3 is 3.00 bits per heavy atom. The van der Waals surface area contributed by atoms with Crippen molar-refractivity contribution in [2.75, 3.05) is 18.5 Å². The summed E-state index contributed by atoms with van der Waals surface area (Å²) in [6.45, 7) is -0.195. The van der Waals surface area contributed by atoms with Crippen LogP contribution < -0.4 is 5.32 Å². The zero-order valence-corrected chi connectivity index (χ0v) is 9.23. The van der Waals surface area contributed by atoms with Crippen molar-refractivity contribution < 1.29 is 19.4 Å². The minimum atomic E-state index is -0.459. The average Bonchev–Trinajstić information content (AvgIpc) is 2.35. The van der Waals surface area contributed by atoms with Crippen LogP contribution in [0.5, 0.6) is 0 Å². The summed E-state index contributed by atoms with van der Waals surface area (Å²) >= 11 is 0. The second kappa shape index (κ2) is 4.97. The summed E-state index contributed by atoms with van der Waals surface area (Å²) in [6, 6.07) is 5.01. The number of benzene rings is 1. The van der Waals surface area contributed by atoms with Crippen molar-refractivity contribution in [3.63, 3.8) is 0 Å². The van der Waals surface area contributed by atoms with Gasteiger partial charge in [-0.3, -0.25) is 4.79 Å². The van der Waals surface area contributed by atoms with Crippen molar-refractivity contribution >= 4 is 17.6 Å². The number of esters is 1. The number of carbonyl (C=O) groups excluding carboxylic acids is 2. The number of aliphatic hydroxyl groups is 1. The molecule has 17 heavy (non-hydrogen) atoms. The molecule has 0 radical (unpaired) electrons. The number of amides is 1. The van der Waals surface area contributed by atoms with Gasteiger partial charge in [0.1, 0.15) is 6.61 Å². The van der Waals surface area contributed by atoms with Crippen molar-refractivity contribution in [1.29, 1.82) is 0 Å². The number of aliphatic hydroxyl groups excluding tert-OH is 1. The molecule has 0 saturated carbocycles. The first-order valence-electron chi connectivity index (χ1n) is 5.41. The number of rotatable bonds is 3. The van der Waals surface area contributed by atoms with E-state index >= 15 is 0 Å². The van der Waals surface area contributed by atoms with Crippen molar-refractivity contribution in [1.82, 2.24) is 0 Å². The molecule has 0 unspecified atom stereocenters. The minimum Gasteiger partial charge on any atom is -0.460 e. The molecular weight excluding hydrogens is 222 g/mol. The Kier molecular flexibility index (Phi) is 3.39. The average molecular weight is 235 g/mol. The number of fused-ring (bicyclic) bond motifs is 1. The number of carbonyl (C=O) groups is 2. The highest BCUT2D eigenvalue weighted by atomic mass is 16.5. The first-order valence-corrected chi connectivity index (χ1v) is 5.41. The zero-order chi connectivity index (χ0) is 12.3. The predicted molar refractivity (Wildman–Crippen MR) is 60.8 cm³/mol.